The van der Waals surface area contributed by atoms with Gasteiger partial charge in [0.05, 0.1) is 25.4 Å². The molecule has 0 radical (unpaired) electrons. The quantitative estimate of drug-likeness (QED) is 0.872. The van der Waals surface area contributed by atoms with Crippen LogP contribution < -0.4 is 4.74 Å². The van der Waals surface area contributed by atoms with E-state index in [1.54, 1.807) is 0 Å². The average Bonchev–Trinajstić information content (AvgIpc) is 2.43. The van der Waals surface area contributed by atoms with E-state index in [-0.39, 0.29) is 6.61 Å². The monoisotopic (exact) mass is 321 g/mol. The Morgan fingerprint density at radius 1 is 1.30 bits per heavy atom. The normalized spacial score (nSPS) is 29.3. The van der Waals surface area contributed by atoms with Gasteiger partial charge in [0.25, 0.3) is 0 Å². The summed E-state index contributed by atoms with van der Waals surface area (Å²) in [5.41, 5.74) is 2.14. The number of aryl methyl sites for hydroxylation is 2. The van der Waals surface area contributed by atoms with Crippen LogP contribution in [0.4, 0.5) is 0 Å². The number of hydrogen-bond donors (Lipinski definition) is 2. The molecule has 2 aliphatic rings. The van der Waals surface area contributed by atoms with Gasteiger partial charge >= 0.3 is 0 Å². The van der Waals surface area contributed by atoms with Crippen LogP contribution in [0, 0.1) is 20.8 Å². The van der Waals surface area contributed by atoms with Crippen LogP contribution in [0.2, 0.25) is 0 Å². The van der Waals surface area contributed by atoms with Crippen molar-refractivity contribution in [2.24, 2.45) is 0 Å². The van der Waals surface area contributed by atoms with Gasteiger partial charge in [0.2, 0.25) is 0 Å². The molecule has 0 unspecified atom stereocenters. The third-order valence-corrected chi connectivity index (χ3v) is 5.17. The Labute approximate surface area is 137 Å². The summed E-state index contributed by atoms with van der Waals surface area (Å²) in [6.45, 7) is 8.84. The summed E-state index contributed by atoms with van der Waals surface area (Å²) >= 11 is 0. The maximum Gasteiger partial charge on any atom is 0.137 e. The Kier molecular flexibility index (Phi) is 4.65. The van der Waals surface area contributed by atoms with E-state index in [0.29, 0.717) is 32.2 Å². The number of ether oxygens (including phenoxy) is 2. The van der Waals surface area contributed by atoms with Crippen molar-refractivity contribution in [3.63, 3.8) is 0 Å². The van der Waals surface area contributed by atoms with E-state index in [2.05, 4.69) is 17.9 Å². The third kappa shape index (κ3) is 3.38. The smallest absolute Gasteiger partial charge is 0.137 e. The van der Waals surface area contributed by atoms with Gasteiger partial charge in [-0.3, -0.25) is 4.90 Å². The molecule has 3 rings (SSSR count). The highest BCUT2D eigenvalue weighted by Crippen LogP contribution is 2.29. The van der Waals surface area contributed by atoms with Gasteiger partial charge in [-0.15, -0.1) is 0 Å². The van der Waals surface area contributed by atoms with Gasteiger partial charge in [-0.2, -0.15) is 0 Å². The topological polar surface area (TPSA) is 62.2 Å². The lowest BCUT2D eigenvalue weighted by molar-refractivity contribution is -0.167. The molecule has 0 saturated carbocycles. The number of benzene rings is 1. The van der Waals surface area contributed by atoms with Crippen LogP contribution >= 0.6 is 0 Å². The molecule has 2 aliphatic heterocycles. The number of piperidine rings is 1. The fourth-order valence-electron chi connectivity index (χ4n) is 3.33. The molecule has 0 bridgehead atoms. The maximum atomic E-state index is 10.9. The van der Waals surface area contributed by atoms with Crippen LogP contribution in [0.1, 0.15) is 23.1 Å². The second-order valence-corrected chi connectivity index (χ2v) is 7.06. The lowest BCUT2D eigenvalue weighted by Crippen LogP contribution is -2.64. The second kappa shape index (κ2) is 6.40. The Morgan fingerprint density at radius 2 is 2.04 bits per heavy atom. The van der Waals surface area contributed by atoms with E-state index < -0.39 is 11.7 Å². The molecular formula is C18H27NO4. The lowest BCUT2D eigenvalue weighted by Gasteiger charge is -2.47. The Hall–Kier alpha value is -1.14. The van der Waals surface area contributed by atoms with Crippen LogP contribution in [0.25, 0.3) is 0 Å². The van der Waals surface area contributed by atoms with Crippen molar-refractivity contribution in [1.82, 2.24) is 4.90 Å². The molecule has 2 N–H and O–H groups in total. The van der Waals surface area contributed by atoms with Gasteiger partial charge in [0.1, 0.15) is 18.0 Å². The van der Waals surface area contributed by atoms with Gasteiger partial charge in [0, 0.05) is 13.1 Å². The van der Waals surface area contributed by atoms with Crippen LogP contribution in [-0.2, 0) is 4.74 Å². The summed E-state index contributed by atoms with van der Waals surface area (Å²) in [6, 6.07) is 4.46. The minimum Gasteiger partial charge on any atom is -0.490 e. The van der Waals surface area contributed by atoms with Gasteiger partial charge in [-0.1, -0.05) is 6.07 Å². The Morgan fingerprint density at radius 3 is 2.70 bits per heavy atom. The van der Waals surface area contributed by atoms with E-state index >= 15 is 0 Å². The molecule has 2 saturated heterocycles. The van der Waals surface area contributed by atoms with E-state index in [0.717, 1.165) is 23.4 Å². The molecule has 0 amide bonds. The first-order valence-electron chi connectivity index (χ1n) is 8.32. The minimum absolute atomic E-state index is 0.0992. The molecule has 2 heterocycles. The van der Waals surface area contributed by atoms with Crippen molar-refractivity contribution in [3.8, 4) is 5.75 Å². The SMILES string of the molecule is Cc1cc(C)c(C)c(OC[C@@]2(O)CN(C3COC3)CC[C@@H]2O)c1. The predicted octanol–water partition coefficient (Wildman–Crippen LogP) is 1.19. The summed E-state index contributed by atoms with van der Waals surface area (Å²) in [5.74, 6) is 0.784. The van der Waals surface area contributed by atoms with Gasteiger partial charge in [-0.05, 0) is 49.9 Å². The molecule has 5 nitrogen and oxygen atoms in total. The van der Waals surface area contributed by atoms with Crippen LogP contribution in [0.15, 0.2) is 12.1 Å². The number of β-amino-alcohol motifs (C(OH)–C–C–N with tert-alkyl or cyclic N) is 1. The molecule has 5 heteroatoms. The Balaban J connectivity index is 1.69. The number of aliphatic hydroxyl groups excluding tert-OH is 1. The lowest BCUT2D eigenvalue weighted by atomic mass is 9.89. The molecule has 128 valence electrons. The van der Waals surface area contributed by atoms with Crippen LogP contribution in [-0.4, -0.2) is 65.8 Å². The summed E-state index contributed by atoms with van der Waals surface area (Å²) in [6.07, 6.45) is -0.201. The molecule has 0 spiro atoms. The zero-order valence-electron chi connectivity index (χ0n) is 14.2. The molecule has 2 atom stereocenters. The second-order valence-electron chi connectivity index (χ2n) is 7.06. The van der Waals surface area contributed by atoms with Gasteiger partial charge < -0.3 is 19.7 Å². The molecule has 23 heavy (non-hydrogen) atoms. The largest absolute Gasteiger partial charge is 0.490 e. The van der Waals surface area contributed by atoms with Gasteiger partial charge in [0.15, 0.2) is 0 Å². The van der Waals surface area contributed by atoms with Crippen molar-refractivity contribution in [3.05, 3.63) is 28.8 Å². The third-order valence-electron chi connectivity index (χ3n) is 5.17. The molecule has 1 aromatic carbocycles. The summed E-state index contributed by atoms with van der Waals surface area (Å²) in [4.78, 5) is 2.20. The highest BCUT2D eigenvalue weighted by molar-refractivity contribution is 5.42. The predicted molar refractivity (Wildman–Crippen MR) is 87.9 cm³/mol. The average molecular weight is 321 g/mol. The van der Waals surface area contributed by atoms with E-state index in [1.807, 2.05) is 19.9 Å². The standard InChI is InChI=1S/C18H27NO4/c1-12-6-13(2)14(3)16(7-12)23-11-18(21)10-19(5-4-17(18)20)15-8-22-9-15/h6-7,15,17,20-21H,4-5,8-11H2,1-3H3/t17-,18-/m0/s1. The summed E-state index contributed by atoms with van der Waals surface area (Å²) in [5, 5.41) is 21.2. The molecule has 2 fully saturated rings. The van der Waals surface area contributed by atoms with Crippen molar-refractivity contribution < 1.29 is 19.7 Å². The fraction of sp³-hybridized carbons (Fsp3) is 0.667. The Bertz CT molecular complexity index is 572. The fourth-order valence-corrected chi connectivity index (χ4v) is 3.33. The molecule has 0 aromatic heterocycles. The molecule has 1 aromatic rings. The van der Waals surface area contributed by atoms with Crippen LogP contribution in [0.5, 0.6) is 5.75 Å². The number of nitrogens with zero attached hydrogens (tertiary/aromatic N) is 1. The first kappa shape index (κ1) is 16.7. The number of rotatable bonds is 4. The number of hydrogen-bond acceptors (Lipinski definition) is 5. The number of likely N-dealkylation sites (tertiary alicyclic amines) is 1. The highest BCUT2D eigenvalue weighted by Gasteiger charge is 2.44. The summed E-state index contributed by atoms with van der Waals surface area (Å²) in [7, 11) is 0. The van der Waals surface area contributed by atoms with Crippen molar-refractivity contribution >= 4 is 0 Å². The van der Waals surface area contributed by atoms with E-state index in [9.17, 15) is 10.2 Å². The van der Waals surface area contributed by atoms with Crippen molar-refractivity contribution in [2.75, 3.05) is 32.9 Å². The zero-order chi connectivity index (χ0) is 16.6. The maximum absolute atomic E-state index is 10.9. The number of aliphatic hydroxyl groups is 2. The van der Waals surface area contributed by atoms with Gasteiger partial charge in [-0.25, -0.2) is 0 Å². The van der Waals surface area contributed by atoms with E-state index in [4.69, 9.17) is 9.47 Å². The van der Waals surface area contributed by atoms with Crippen molar-refractivity contribution in [2.45, 2.75) is 44.9 Å². The first-order valence-corrected chi connectivity index (χ1v) is 8.32. The molecular weight excluding hydrogens is 294 g/mol. The van der Waals surface area contributed by atoms with Crippen molar-refractivity contribution in [1.29, 1.82) is 0 Å². The first-order chi connectivity index (χ1) is 10.9. The minimum atomic E-state index is -1.24. The zero-order valence-corrected chi connectivity index (χ0v) is 14.2. The summed E-state index contributed by atoms with van der Waals surface area (Å²) < 4.78 is 11.2. The van der Waals surface area contributed by atoms with E-state index in [1.165, 1.54) is 5.56 Å². The van der Waals surface area contributed by atoms with Crippen LogP contribution in [0.3, 0.4) is 0 Å². The highest BCUT2D eigenvalue weighted by atomic mass is 16.5. The molecule has 0 aliphatic carbocycles.